The average Bonchev–Trinajstić information content (AvgIpc) is 3.19. The van der Waals surface area contributed by atoms with Crippen molar-refractivity contribution < 1.29 is 0 Å². The molecule has 4 heterocycles. The normalized spacial score (nSPS) is 14.5. The number of nitrogens with one attached hydrogen (secondary N) is 1. The first-order valence-corrected chi connectivity index (χ1v) is 9.52. The van der Waals surface area contributed by atoms with Crippen LogP contribution in [0.4, 0.5) is 11.8 Å². The Balaban J connectivity index is 1.43. The lowest BCUT2D eigenvalue weighted by Gasteiger charge is -2.35. The van der Waals surface area contributed by atoms with Gasteiger partial charge in [-0.3, -0.25) is 9.78 Å². The van der Waals surface area contributed by atoms with Crippen LogP contribution in [0.2, 0.25) is 0 Å². The van der Waals surface area contributed by atoms with Gasteiger partial charge in [0.25, 0.3) is 5.56 Å². The molecule has 4 aromatic rings. The van der Waals surface area contributed by atoms with Crippen molar-refractivity contribution in [3.63, 3.8) is 0 Å². The molecule has 1 aromatic carbocycles. The molecular formula is C20H20N8O. The topological polar surface area (TPSA) is 95.8 Å². The monoisotopic (exact) mass is 388 g/mol. The van der Waals surface area contributed by atoms with Gasteiger partial charge in [-0.25, -0.2) is 14.6 Å². The van der Waals surface area contributed by atoms with E-state index in [0.717, 1.165) is 43.5 Å². The van der Waals surface area contributed by atoms with Gasteiger partial charge in [0.2, 0.25) is 5.95 Å². The maximum Gasteiger partial charge on any atom is 0.263 e. The molecule has 3 aromatic heterocycles. The predicted octanol–water partition coefficient (Wildman–Crippen LogP) is 1.53. The van der Waals surface area contributed by atoms with Crippen molar-refractivity contribution in [2.75, 3.05) is 36.0 Å². The number of aryl methyl sites for hydroxylation is 1. The third-order valence-corrected chi connectivity index (χ3v) is 5.09. The fraction of sp³-hybridized carbons (Fsp3) is 0.250. The van der Waals surface area contributed by atoms with Crippen LogP contribution >= 0.6 is 0 Å². The highest BCUT2D eigenvalue weighted by Crippen LogP contribution is 2.19. The van der Waals surface area contributed by atoms with Crippen LogP contribution in [0.3, 0.4) is 0 Å². The third-order valence-electron chi connectivity index (χ3n) is 5.09. The number of nitrogens with zero attached hydrogens (tertiary/aromatic N) is 7. The summed E-state index contributed by atoms with van der Waals surface area (Å²) in [5.74, 6) is 2.26. The van der Waals surface area contributed by atoms with Crippen LogP contribution in [0, 0.1) is 6.92 Å². The molecule has 1 aliphatic rings. The zero-order valence-electron chi connectivity index (χ0n) is 16.0. The van der Waals surface area contributed by atoms with Crippen molar-refractivity contribution in [3.8, 4) is 5.69 Å². The Labute approximate surface area is 166 Å². The van der Waals surface area contributed by atoms with Crippen LogP contribution in [0.5, 0.6) is 0 Å². The Morgan fingerprint density at radius 1 is 0.966 bits per heavy atom. The molecule has 1 saturated heterocycles. The van der Waals surface area contributed by atoms with E-state index in [9.17, 15) is 4.79 Å². The number of hydrogen-bond donors (Lipinski definition) is 1. The molecule has 0 saturated carbocycles. The summed E-state index contributed by atoms with van der Waals surface area (Å²) in [5.41, 5.74) is 1.25. The zero-order valence-corrected chi connectivity index (χ0v) is 16.0. The van der Waals surface area contributed by atoms with Crippen molar-refractivity contribution in [2.24, 2.45) is 0 Å². The average molecular weight is 388 g/mol. The molecule has 0 unspecified atom stereocenters. The van der Waals surface area contributed by atoms with Gasteiger partial charge in [-0.15, -0.1) is 0 Å². The van der Waals surface area contributed by atoms with E-state index in [1.54, 1.807) is 17.1 Å². The first-order chi connectivity index (χ1) is 14.2. The molecule has 5 rings (SSSR count). The van der Waals surface area contributed by atoms with E-state index in [1.807, 2.05) is 43.3 Å². The summed E-state index contributed by atoms with van der Waals surface area (Å²) in [4.78, 5) is 33.2. The molecule has 1 N–H and O–H groups in total. The van der Waals surface area contributed by atoms with Crippen molar-refractivity contribution in [2.45, 2.75) is 6.92 Å². The number of fused-ring (bicyclic) bond motifs is 1. The van der Waals surface area contributed by atoms with Crippen LogP contribution in [0.1, 0.15) is 5.82 Å². The number of piperazine rings is 1. The highest BCUT2D eigenvalue weighted by Gasteiger charge is 2.21. The third kappa shape index (κ3) is 3.20. The molecule has 146 valence electrons. The molecule has 9 heteroatoms. The fourth-order valence-corrected chi connectivity index (χ4v) is 3.58. The fourth-order valence-electron chi connectivity index (χ4n) is 3.58. The van der Waals surface area contributed by atoms with Crippen molar-refractivity contribution in [3.05, 3.63) is 65.0 Å². The first kappa shape index (κ1) is 17.4. The summed E-state index contributed by atoms with van der Waals surface area (Å²) in [6, 6.07) is 11.6. The van der Waals surface area contributed by atoms with E-state index < -0.39 is 0 Å². The molecule has 0 amide bonds. The number of hydrogen-bond acceptors (Lipinski definition) is 7. The summed E-state index contributed by atoms with van der Waals surface area (Å²) in [6.45, 7) is 4.93. The summed E-state index contributed by atoms with van der Waals surface area (Å²) in [6.07, 6.45) is 3.34. The van der Waals surface area contributed by atoms with E-state index in [2.05, 4.69) is 29.9 Å². The SMILES string of the molecule is Cc1nccc(N2CCN(c3nc4c(cnn4-c4ccccc4)c(=O)[nH]3)CC2)n1. The summed E-state index contributed by atoms with van der Waals surface area (Å²) >= 11 is 0. The summed E-state index contributed by atoms with van der Waals surface area (Å²) < 4.78 is 1.70. The smallest absolute Gasteiger partial charge is 0.263 e. The molecule has 0 radical (unpaired) electrons. The molecule has 0 aliphatic carbocycles. The Kier molecular flexibility index (Phi) is 4.19. The van der Waals surface area contributed by atoms with Gasteiger partial charge >= 0.3 is 0 Å². The number of anilines is 2. The van der Waals surface area contributed by atoms with Gasteiger partial charge in [0.05, 0.1) is 11.9 Å². The second kappa shape index (κ2) is 7.01. The second-order valence-corrected chi connectivity index (χ2v) is 6.95. The minimum absolute atomic E-state index is 0.180. The number of benzene rings is 1. The van der Waals surface area contributed by atoms with E-state index in [0.29, 0.717) is 17.0 Å². The second-order valence-electron chi connectivity index (χ2n) is 6.95. The van der Waals surface area contributed by atoms with Crippen molar-refractivity contribution in [1.29, 1.82) is 0 Å². The molecule has 29 heavy (non-hydrogen) atoms. The Morgan fingerprint density at radius 3 is 2.48 bits per heavy atom. The van der Waals surface area contributed by atoms with E-state index >= 15 is 0 Å². The molecule has 0 atom stereocenters. The number of rotatable bonds is 3. The minimum Gasteiger partial charge on any atom is -0.353 e. The maximum atomic E-state index is 12.6. The largest absolute Gasteiger partial charge is 0.353 e. The number of H-pyrrole nitrogens is 1. The number of para-hydroxylation sites is 1. The first-order valence-electron chi connectivity index (χ1n) is 9.52. The number of aromatic amines is 1. The molecule has 0 bridgehead atoms. The van der Waals surface area contributed by atoms with Crippen molar-refractivity contribution >= 4 is 22.8 Å². The van der Waals surface area contributed by atoms with E-state index in [1.165, 1.54) is 0 Å². The highest BCUT2D eigenvalue weighted by molar-refractivity contribution is 5.76. The Bertz CT molecular complexity index is 1210. The lowest BCUT2D eigenvalue weighted by Crippen LogP contribution is -2.47. The molecule has 9 nitrogen and oxygen atoms in total. The standard InChI is InChI=1S/C20H20N8O/c1-14-21-8-7-17(23-14)26-9-11-27(12-10-26)20-24-18-16(19(29)25-20)13-22-28(18)15-5-3-2-4-6-15/h2-8,13H,9-12H2,1H3,(H,24,25,29). The Hall–Kier alpha value is -3.75. The van der Waals surface area contributed by atoms with Gasteiger partial charge < -0.3 is 9.80 Å². The molecule has 1 fully saturated rings. The van der Waals surface area contributed by atoms with Gasteiger partial charge in [0.15, 0.2) is 5.65 Å². The van der Waals surface area contributed by atoms with Crippen LogP contribution in [0.15, 0.2) is 53.6 Å². The van der Waals surface area contributed by atoms with Crippen LogP contribution in [0.25, 0.3) is 16.7 Å². The lowest BCUT2D eigenvalue weighted by atomic mass is 10.3. The van der Waals surface area contributed by atoms with Crippen LogP contribution < -0.4 is 15.4 Å². The van der Waals surface area contributed by atoms with E-state index in [-0.39, 0.29) is 5.56 Å². The molecule has 1 aliphatic heterocycles. The lowest BCUT2D eigenvalue weighted by molar-refractivity contribution is 0.633. The Morgan fingerprint density at radius 2 is 1.72 bits per heavy atom. The molecule has 0 spiro atoms. The summed E-state index contributed by atoms with van der Waals surface area (Å²) in [7, 11) is 0. The van der Waals surface area contributed by atoms with Gasteiger partial charge in [-0.05, 0) is 25.1 Å². The van der Waals surface area contributed by atoms with Gasteiger partial charge in [0, 0.05) is 32.4 Å². The maximum absolute atomic E-state index is 12.6. The quantitative estimate of drug-likeness (QED) is 0.569. The predicted molar refractivity (Wildman–Crippen MR) is 111 cm³/mol. The van der Waals surface area contributed by atoms with E-state index in [4.69, 9.17) is 4.98 Å². The van der Waals surface area contributed by atoms with Crippen LogP contribution in [-0.4, -0.2) is 55.9 Å². The van der Waals surface area contributed by atoms with Crippen molar-refractivity contribution in [1.82, 2.24) is 29.7 Å². The molecular weight excluding hydrogens is 368 g/mol. The van der Waals surface area contributed by atoms with Crippen LogP contribution in [-0.2, 0) is 0 Å². The minimum atomic E-state index is -0.180. The van der Waals surface area contributed by atoms with Gasteiger partial charge in [0.1, 0.15) is 17.0 Å². The van der Waals surface area contributed by atoms with Gasteiger partial charge in [-0.2, -0.15) is 10.1 Å². The summed E-state index contributed by atoms with van der Waals surface area (Å²) in [5, 5.41) is 4.85. The zero-order chi connectivity index (χ0) is 19.8. The van der Waals surface area contributed by atoms with Gasteiger partial charge in [-0.1, -0.05) is 18.2 Å². The number of aromatic nitrogens is 6. The highest BCUT2D eigenvalue weighted by atomic mass is 16.1.